The fourth-order valence-electron chi connectivity index (χ4n) is 2.02. The standard InChI is InChI=1S/C12H22N2O4/c1-12(2,3)18-11(17)13-9-7-14(4)6-5-8(9)10(15)16/h8-9H,5-7H2,1-4H3,(H,13,17)(H,15,16). The van der Waals surface area contributed by atoms with Gasteiger partial charge < -0.3 is 20.1 Å². The summed E-state index contributed by atoms with van der Waals surface area (Å²) in [6, 6.07) is -0.406. The van der Waals surface area contributed by atoms with E-state index in [-0.39, 0.29) is 0 Å². The molecule has 2 N–H and O–H groups in total. The first kappa shape index (κ1) is 14.8. The van der Waals surface area contributed by atoms with Crippen molar-refractivity contribution < 1.29 is 19.4 Å². The summed E-state index contributed by atoms with van der Waals surface area (Å²) in [6.07, 6.45) is -0.0270. The molecule has 6 heteroatoms. The molecule has 1 saturated heterocycles. The van der Waals surface area contributed by atoms with E-state index in [1.54, 1.807) is 20.8 Å². The average Bonchev–Trinajstić information content (AvgIpc) is 2.13. The maximum atomic E-state index is 11.7. The first-order valence-corrected chi connectivity index (χ1v) is 6.10. The zero-order chi connectivity index (χ0) is 13.9. The summed E-state index contributed by atoms with van der Waals surface area (Å²) in [5.74, 6) is -1.42. The molecule has 2 atom stereocenters. The van der Waals surface area contributed by atoms with Crippen molar-refractivity contribution in [3.05, 3.63) is 0 Å². The van der Waals surface area contributed by atoms with Crippen LogP contribution in [0.3, 0.4) is 0 Å². The third kappa shape index (κ3) is 4.52. The highest BCUT2D eigenvalue weighted by atomic mass is 16.6. The number of nitrogens with one attached hydrogen (secondary N) is 1. The van der Waals surface area contributed by atoms with Gasteiger partial charge in [-0.3, -0.25) is 4.79 Å². The zero-order valence-electron chi connectivity index (χ0n) is 11.4. The molecule has 0 radical (unpaired) electrons. The molecule has 0 aromatic rings. The predicted molar refractivity (Wildman–Crippen MR) is 66.4 cm³/mol. The Morgan fingerprint density at radius 1 is 1.39 bits per heavy atom. The van der Waals surface area contributed by atoms with Crippen LogP contribution < -0.4 is 5.32 Å². The molecule has 1 fully saturated rings. The summed E-state index contributed by atoms with van der Waals surface area (Å²) in [5, 5.41) is 11.8. The maximum Gasteiger partial charge on any atom is 0.407 e. The molecule has 104 valence electrons. The van der Waals surface area contributed by atoms with Crippen LogP contribution in [0.15, 0.2) is 0 Å². The predicted octanol–water partition coefficient (Wildman–Crippen LogP) is 0.916. The van der Waals surface area contributed by atoms with E-state index in [0.717, 1.165) is 6.54 Å². The molecule has 1 aliphatic rings. The van der Waals surface area contributed by atoms with Crippen molar-refractivity contribution in [2.45, 2.75) is 38.8 Å². The van der Waals surface area contributed by atoms with Gasteiger partial charge in [-0.2, -0.15) is 0 Å². The molecule has 6 nitrogen and oxygen atoms in total. The van der Waals surface area contributed by atoms with Crippen LogP contribution in [-0.2, 0) is 9.53 Å². The van der Waals surface area contributed by atoms with Crippen LogP contribution in [0.5, 0.6) is 0 Å². The number of rotatable bonds is 2. The lowest BCUT2D eigenvalue weighted by atomic mass is 9.92. The Bertz CT molecular complexity index is 325. The molecule has 2 unspecified atom stereocenters. The number of likely N-dealkylation sites (tertiary alicyclic amines) is 1. The summed E-state index contributed by atoms with van der Waals surface area (Å²) in [4.78, 5) is 24.8. The number of alkyl carbamates (subject to hydrolysis) is 1. The number of carboxylic acid groups (broad SMARTS) is 1. The Hall–Kier alpha value is -1.30. The number of carbonyl (C=O) groups excluding carboxylic acids is 1. The number of aliphatic carboxylic acids is 1. The first-order chi connectivity index (χ1) is 8.19. The lowest BCUT2D eigenvalue weighted by Crippen LogP contribution is -2.54. The van der Waals surface area contributed by atoms with E-state index in [4.69, 9.17) is 9.84 Å². The number of carboxylic acids is 1. The van der Waals surface area contributed by atoms with Gasteiger partial charge >= 0.3 is 12.1 Å². The molecule has 1 heterocycles. The SMILES string of the molecule is CN1CCC(C(=O)O)C(NC(=O)OC(C)(C)C)C1. The molecule has 0 aliphatic carbocycles. The molecule has 0 aromatic carbocycles. The van der Waals surface area contributed by atoms with E-state index < -0.39 is 29.6 Å². The topological polar surface area (TPSA) is 78.9 Å². The van der Waals surface area contributed by atoms with Gasteiger partial charge in [0.25, 0.3) is 0 Å². The van der Waals surface area contributed by atoms with Gasteiger partial charge in [-0.15, -0.1) is 0 Å². The van der Waals surface area contributed by atoms with Gasteiger partial charge in [-0.1, -0.05) is 0 Å². The van der Waals surface area contributed by atoms with Gasteiger partial charge in [-0.25, -0.2) is 4.79 Å². The molecule has 1 rings (SSSR count). The van der Waals surface area contributed by atoms with E-state index in [1.807, 2.05) is 11.9 Å². The highest BCUT2D eigenvalue weighted by molar-refractivity contribution is 5.74. The number of hydrogen-bond acceptors (Lipinski definition) is 4. The van der Waals surface area contributed by atoms with Crippen molar-refractivity contribution in [3.8, 4) is 0 Å². The van der Waals surface area contributed by atoms with Crippen LogP contribution in [0.4, 0.5) is 4.79 Å². The Balaban J connectivity index is 2.61. The lowest BCUT2D eigenvalue weighted by molar-refractivity contribution is -0.144. The first-order valence-electron chi connectivity index (χ1n) is 6.10. The smallest absolute Gasteiger partial charge is 0.407 e. The van der Waals surface area contributed by atoms with Crippen molar-refractivity contribution in [3.63, 3.8) is 0 Å². The Morgan fingerprint density at radius 3 is 2.50 bits per heavy atom. The number of amides is 1. The van der Waals surface area contributed by atoms with Crippen LogP contribution in [0.1, 0.15) is 27.2 Å². The number of piperidine rings is 1. The van der Waals surface area contributed by atoms with Gasteiger partial charge in [0.1, 0.15) is 5.60 Å². The summed E-state index contributed by atoms with van der Waals surface area (Å²) in [5.41, 5.74) is -0.580. The Morgan fingerprint density at radius 2 is 2.00 bits per heavy atom. The van der Waals surface area contributed by atoms with Gasteiger partial charge in [0.15, 0.2) is 0 Å². The van der Waals surface area contributed by atoms with Crippen molar-refractivity contribution in [1.29, 1.82) is 0 Å². The van der Waals surface area contributed by atoms with E-state index in [9.17, 15) is 9.59 Å². The van der Waals surface area contributed by atoms with E-state index in [2.05, 4.69) is 5.32 Å². The summed E-state index contributed by atoms with van der Waals surface area (Å²) in [7, 11) is 1.90. The van der Waals surface area contributed by atoms with Crippen LogP contribution in [0, 0.1) is 5.92 Å². The van der Waals surface area contributed by atoms with E-state index >= 15 is 0 Å². The van der Waals surface area contributed by atoms with Crippen LogP contribution in [0.2, 0.25) is 0 Å². The summed E-state index contributed by atoms with van der Waals surface area (Å²) >= 11 is 0. The molecular formula is C12H22N2O4. The second-order valence-corrected chi connectivity index (χ2v) is 5.75. The van der Waals surface area contributed by atoms with Crippen molar-refractivity contribution in [2.24, 2.45) is 5.92 Å². The fraction of sp³-hybridized carbons (Fsp3) is 0.833. The largest absolute Gasteiger partial charge is 0.481 e. The molecule has 0 saturated carbocycles. The third-order valence-electron chi connectivity index (χ3n) is 2.84. The van der Waals surface area contributed by atoms with Gasteiger partial charge in [-0.05, 0) is 40.8 Å². The minimum absolute atomic E-state index is 0.406. The highest BCUT2D eigenvalue weighted by Gasteiger charge is 2.34. The summed E-state index contributed by atoms with van der Waals surface area (Å²) in [6.45, 7) is 6.57. The molecule has 1 amide bonds. The van der Waals surface area contributed by atoms with Crippen LogP contribution >= 0.6 is 0 Å². The van der Waals surface area contributed by atoms with Gasteiger partial charge in [0.2, 0.25) is 0 Å². The highest BCUT2D eigenvalue weighted by Crippen LogP contribution is 2.18. The second kappa shape index (κ2) is 5.56. The van der Waals surface area contributed by atoms with Crippen LogP contribution in [0.25, 0.3) is 0 Å². The maximum absolute atomic E-state index is 11.7. The summed E-state index contributed by atoms with van der Waals surface area (Å²) < 4.78 is 5.14. The molecule has 1 aliphatic heterocycles. The zero-order valence-corrected chi connectivity index (χ0v) is 11.4. The lowest BCUT2D eigenvalue weighted by Gasteiger charge is -2.35. The molecule has 18 heavy (non-hydrogen) atoms. The normalized spacial score (nSPS) is 25.6. The second-order valence-electron chi connectivity index (χ2n) is 5.75. The minimum Gasteiger partial charge on any atom is -0.481 e. The van der Waals surface area contributed by atoms with Crippen molar-refractivity contribution >= 4 is 12.1 Å². The average molecular weight is 258 g/mol. The number of hydrogen-bond donors (Lipinski definition) is 2. The fourth-order valence-corrected chi connectivity index (χ4v) is 2.02. The Kier molecular flexibility index (Phi) is 4.56. The van der Waals surface area contributed by atoms with E-state index in [1.165, 1.54) is 0 Å². The number of likely N-dealkylation sites (N-methyl/N-ethyl adjacent to an activating group) is 1. The Labute approximate surface area is 107 Å². The molecular weight excluding hydrogens is 236 g/mol. The molecule has 0 bridgehead atoms. The van der Waals surface area contributed by atoms with Crippen LogP contribution in [-0.4, -0.2) is 53.8 Å². The molecule has 0 aromatic heterocycles. The number of carbonyl (C=O) groups is 2. The minimum atomic E-state index is -0.871. The monoisotopic (exact) mass is 258 g/mol. The quantitative estimate of drug-likeness (QED) is 0.770. The molecule has 0 spiro atoms. The van der Waals surface area contributed by atoms with Gasteiger partial charge in [0, 0.05) is 6.54 Å². The number of nitrogens with zero attached hydrogens (tertiary/aromatic N) is 1. The van der Waals surface area contributed by atoms with Crippen molar-refractivity contribution in [2.75, 3.05) is 20.1 Å². The number of ether oxygens (including phenoxy) is 1. The van der Waals surface area contributed by atoms with Crippen molar-refractivity contribution in [1.82, 2.24) is 10.2 Å². The van der Waals surface area contributed by atoms with E-state index in [0.29, 0.717) is 13.0 Å². The van der Waals surface area contributed by atoms with Gasteiger partial charge in [0.05, 0.1) is 12.0 Å². The third-order valence-corrected chi connectivity index (χ3v) is 2.84.